The maximum absolute atomic E-state index is 14.8. The SMILES string of the molecule is CC(COC(=O)N1CCC(O)(c2ccccc2)CC1)C(c1cc(F)ccc1F)S(=O)(=O)c1ccc(Cl)cc1. The normalized spacial score (nSPS) is 17.0. The van der Waals surface area contributed by atoms with Crippen molar-refractivity contribution in [2.24, 2.45) is 5.92 Å². The van der Waals surface area contributed by atoms with Gasteiger partial charge in [-0.1, -0.05) is 48.9 Å². The Morgan fingerprint density at radius 2 is 1.68 bits per heavy atom. The summed E-state index contributed by atoms with van der Waals surface area (Å²) in [5.74, 6) is -2.61. The van der Waals surface area contributed by atoms with E-state index in [0.717, 1.165) is 23.8 Å². The summed E-state index contributed by atoms with van der Waals surface area (Å²) in [7, 11) is -4.23. The first kappa shape index (κ1) is 28.0. The average molecular weight is 564 g/mol. The molecule has 10 heteroatoms. The number of nitrogens with zero attached hydrogens (tertiary/aromatic N) is 1. The van der Waals surface area contributed by atoms with Crippen LogP contribution in [-0.2, 0) is 20.2 Å². The molecular formula is C28H28ClF2NO5S. The summed E-state index contributed by atoms with van der Waals surface area (Å²) in [6.07, 6.45) is -0.0534. The van der Waals surface area contributed by atoms with Crippen molar-refractivity contribution in [2.75, 3.05) is 19.7 Å². The van der Waals surface area contributed by atoms with Crippen molar-refractivity contribution in [3.05, 3.63) is 101 Å². The largest absolute Gasteiger partial charge is 0.449 e. The van der Waals surface area contributed by atoms with Crippen LogP contribution in [0, 0.1) is 17.6 Å². The highest BCUT2D eigenvalue weighted by atomic mass is 35.5. The van der Waals surface area contributed by atoms with E-state index in [4.69, 9.17) is 16.3 Å². The highest BCUT2D eigenvalue weighted by Crippen LogP contribution is 2.38. The molecule has 202 valence electrons. The first-order chi connectivity index (χ1) is 18.0. The molecule has 1 aliphatic rings. The Labute approximate surface area is 225 Å². The van der Waals surface area contributed by atoms with E-state index in [1.165, 1.54) is 36.1 Å². The summed E-state index contributed by atoms with van der Waals surface area (Å²) in [5, 5.41) is 9.79. The number of piperidine rings is 1. The molecule has 1 N–H and O–H groups in total. The smallest absolute Gasteiger partial charge is 0.409 e. The van der Waals surface area contributed by atoms with Crippen LogP contribution in [0.2, 0.25) is 5.02 Å². The van der Waals surface area contributed by atoms with Crippen molar-refractivity contribution < 1.29 is 31.8 Å². The maximum Gasteiger partial charge on any atom is 0.409 e. The topological polar surface area (TPSA) is 83.9 Å². The molecule has 1 saturated heterocycles. The molecule has 1 heterocycles. The number of aliphatic hydroxyl groups is 1. The summed E-state index contributed by atoms with van der Waals surface area (Å²) < 4.78 is 61.5. The van der Waals surface area contributed by atoms with Crippen LogP contribution in [0.15, 0.2) is 77.7 Å². The number of carbonyl (C=O) groups is 1. The molecule has 2 atom stereocenters. The van der Waals surface area contributed by atoms with Gasteiger partial charge in [-0.3, -0.25) is 0 Å². The van der Waals surface area contributed by atoms with E-state index >= 15 is 0 Å². The Bertz CT molecular complexity index is 1380. The number of rotatable bonds is 7. The molecule has 0 bridgehead atoms. The molecule has 0 radical (unpaired) electrons. The second-order valence-corrected chi connectivity index (χ2v) is 12.0. The monoisotopic (exact) mass is 563 g/mol. The molecule has 3 aromatic rings. The number of halogens is 3. The first-order valence-electron chi connectivity index (χ1n) is 12.2. The van der Waals surface area contributed by atoms with Gasteiger partial charge in [-0.25, -0.2) is 22.0 Å². The maximum atomic E-state index is 14.8. The van der Waals surface area contributed by atoms with Gasteiger partial charge in [0.25, 0.3) is 0 Å². The molecule has 1 aliphatic heterocycles. The van der Waals surface area contributed by atoms with Crippen LogP contribution < -0.4 is 0 Å². The molecule has 38 heavy (non-hydrogen) atoms. The van der Waals surface area contributed by atoms with Gasteiger partial charge in [-0.2, -0.15) is 0 Å². The van der Waals surface area contributed by atoms with Crippen molar-refractivity contribution in [3.63, 3.8) is 0 Å². The van der Waals surface area contributed by atoms with Crippen LogP contribution in [0.25, 0.3) is 0 Å². The van der Waals surface area contributed by atoms with Gasteiger partial charge in [0.1, 0.15) is 11.6 Å². The lowest BCUT2D eigenvalue weighted by Gasteiger charge is -2.38. The lowest BCUT2D eigenvalue weighted by molar-refractivity contribution is -0.0258. The van der Waals surface area contributed by atoms with Crippen molar-refractivity contribution in [3.8, 4) is 0 Å². The summed E-state index contributed by atoms with van der Waals surface area (Å²) in [5.41, 5.74) is -0.638. The van der Waals surface area contributed by atoms with Gasteiger partial charge in [0.15, 0.2) is 9.84 Å². The van der Waals surface area contributed by atoms with Gasteiger partial charge in [-0.05, 0) is 60.9 Å². The lowest BCUT2D eigenvalue weighted by atomic mass is 9.84. The second kappa shape index (κ2) is 11.4. The molecule has 2 unspecified atom stereocenters. The van der Waals surface area contributed by atoms with Crippen molar-refractivity contribution >= 4 is 27.5 Å². The fourth-order valence-electron chi connectivity index (χ4n) is 4.76. The Morgan fingerprint density at radius 3 is 2.32 bits per heavy atom. The predicted molar refractivity (Wildman–Crippen MR) is 139 cm³/mol. The van der Waals surface area contributed by atoms with E-state index in [-0.39, 0.29) is 30.2 Å². The summed E-state index contributed by atoms with van der Waals surface area (Å²) in [6, 6.07) is 17.2. The zero-order chi connectivity index (χ0) is 27.5. The molecule has 0 aliphatic carbocycles. The minimum Gasteiger partial charge on any atom is -0.449 e. The molecule has 1 fully saturated rings. The third kappa shape index (κ3) is 6.00. The third-order valence-electron chi connectivity index (χ3n) is 6.89. The number of ether oxygens (including phenoxy) is 1. The highest BCUT2D eigenvalue weighted by Gasteiger charge is 2.38. The van der Waals surface area contributed by atoms with Crippen LogP contribution in [0.4, 0.5) is 13.6 Å². The van der Waals surface area contributed by atoms with Gasteiger partial charge in [0.05, 0.1) is 22.4 Å². The fraction of sp³-hybridized carbons (Fsp3) is 0.321. The number of benzene rings is 3. The Morgan fingerprint density at radius 1 is 1.05 bits per heavy atom. The van der Waals surface area contributed by atoms with Crippen LogP contribution in [0.1, 0.15) is 36.1 Å². The third-order valence-corrected chi connectivity index (χ3v) is 9.46. The zero-order valence-corrected chi connectivity index (χ0v) is 22.3. The van der Waals surface area contributed by atoms with E-state index in [2.05, 4.69) is 0 Å². The van der Waals surface area contributed by atoms with Gasteiger partial charge < -0.3 is 14.7 Å². The van der Waals surface area contributed by atoms with Crippen molar-refractivity contribution in [1.29, 1.82) is 0 Å². The molecule has 3 aromatic carbocycles. The molecular weight excluding hydrogens is 536 g/mol. The molecule has 6 nitrogen and oxygen atoms in total. The number of carbonyl (C=O) groups excluding carboxylic acids is 1. The minimum atomic E-state index is -4.23. The zero-order valence-electron chi connectivity index (χ0n) is 20.7. The number of sulfone groups is 1. The fourth-order valence-corrected chi connectivity index (χ4v) is 6.90. The molecule has 0 saturated carbocycles. The summed E-state index contributed by atoms with van der Waals surface area (Å²) >= 11 is 5.90. The average Bonchev–Trinajstić information content (AvgIpc) is 2.90. The molecule has 0 spiro atoms. The van der Waals surface area contributed by atoms with Crippen LogP contribution in [-0.4, -0.2) is 44.2 Å². The van der Waals surface area contributed by atoms with E-state index in [0.29, 0.717) is 17.9 Å². The van der Waals surface area contributed by atoms with E-state index in [9.17, 15) is 27.1 Å². The highest BCUT2D eigenvalue weighted by molar-refractivity contribution is 7.91. The first-order valence-corrected chi connectivity index (χ1v) is 14.1. The van der Waals surface area contributed by atoms with Crippen LogP contribution >= 0.6 is 11.6 Å². The lowest BCUT2D eigenvalue weighted by Crippen LogP contribution is -2.45. The Balaban J connectivity index is 1.50. The summed E-state index contributed by atoms with van der Waals surface area (Å²) in [6.45, 7) is 1.62. The number of hydrogen-bond acceptors (Lipinski definition) is 5. The van der Waals surface area contributed by atoms with E-state index in [1.54, 1.807) is 0 Å². The number of amides is 1. The van der Waals surface area contributed by atoms with Crippen molar-refractivity contribution in [2.45, 2.75) is 35.5 Å². The quantitative estimate of drug-likeness (QED) is 0.387. The number of likely N-dealkylation sites (tertiary alicyclic amines) is 1. The summed E-state index contributed by atoms with van der Waals surface area (Å²) in [4.78, 5) is 14.1. The van der Waals surface area contributed by atoms with Crippen molar-refractivity contribution in [1.82, 2.24) is 4.90 Å². The Hall–Kier alpha value is -3.01. The molecule has 4 rings (SSSR count). The number of hydrogen-bond donors (Lipinski definition) is 1. The molecule has 0 aromatic heterocycles. The van der Waals surface area contributed by atoms with Gasteiger partial charge in [0.2, 0.25) is 0 Å². The van der Waals surface area contributed by atoms with E-state index < -0.39 is 44.3 Å². The van der Waals surface area contributed by atoms with Crippen LogP contribution in [0.3, 0.4) is 0 Å². The molecule has 1 amide bonds. The standard InChI is InChI=1S/C28H28ClF2NO5S/c1-19(18-37-27(33)32-15-13-28(34,14-16-32)20-5-3-2-4-6-20)26(24-17-22(30)9-12-25(24)31)38(35,36)23-10-7-21(29)8-11-23/h2-12,17,19,26,34H,13-16,18H2,1H3. The predicted octanol–water partition coefficient (Wildman–Crippen LogP) is 5.89. The van der Waals surface area contributed by atoms with Gasteiger partial charge in [-0.15, -0.1) is 0 Å². The Kier molecular flexibility index (Phi) is 8.40. The van der Waals surface area contributed by atoms with E-state index in [1.807, 2.05) is 30.3 Å². The second-order valence-electron chi connectivity index (χ2n) is 9.52. The van der Waals surface area contributed by atoms with Crippen LogP contribution in [0.5, 0.6) is 0 Å². The minimum absolute atomic E-state index is 0.120. The van der Waals surface area contributed by atoms with Gasteiger partial charge >= 0.3 is 6.09 Å². The van der Waals surface area contributed by atoms with Gasteiger partial charge in [0, 0.05) is 29.6 Å².